The SMILES string of the molecule is CN1CCN(C(=O)c2cc(-c3ccc(C[C@@H](C#N)NC(=O)[C@@H]4[C@H]5CC[C@H](C5)N4C(=O)OC(C)(C)C)c(F)c3)cs2)CC1=O. The van der Waals surface area contributed by atoms with Gasteiger partial charge in [0.1, 0.15) is 30.0 Å². The Balaban J connectivity index is 1.23. The molecule has 3 fully saturated rings. The Labute approximate surface area is 254 Å². The number of nitriles is 1. The highest BCUT2D eigenvalue weighted by atomic mass is 32.1. The highest BCUT2D eigenvalue weighted by molar-refractivity contribution is 7.12. The number of hydrogen-bond donors (Lipinski definition) is 1. The fraction of sp³-hybridized carbons (Fsp3) is 0.516. The molecule has 1 saturated carbocycles. The van der Waals surface area contributed by atoms with E-state index in [9.17, 15) is 24.4 Å². The molecule has 5 rings (SSSR count). The van der Waals surface area contributed by atoms with Crippen LogP contribution < -0.4 is 5.32 Å². The standard InChI is InChI=1S/C31H36FN5O5S/c1-31(2,3)42-30(41)37-23-8-7-20(12-23)27(37)28(39)34-22(15-33)11-19-6-5-18(13-24(19)32)21-14-25(43-17-21)29(40)36-10-9-35(4)26(38)16-36/h5-6,13-14,17,20,22-23,27H,7-12,16H2,1-4H3,(H,34,39)/t20-,22-,23+,27-/m0/s1. The Morgan fingerprint density at radius 1 is 1.19 bits per heavy atom. The lowest BCUT2D eigenvalue weighted by Crippen LogP contribution is -2.55. The van der Waals surface area contributed by atoms with Crippen molar-refractivity contribution >= 4 is 35.2 Å². The van der Waals surface area contributed by atoms with Crippen LogP contribution in [0.3, 0.4) is 0 Å². The molecule has 2 aliphatic heterocycles. The number of amides is 4. The number of ether oxygens (including phenoxy) is 1. The molecule has 4 atom stereocenters. The Kier molecular flexibility index (Phi) is 8.47. The number of piperidine rings is 1. The van der Waals surface area contributed by atoms with Gasteiger partial charge in [-0.25, -0.2) is 9.18 Å². The van der Waals surface area contributed by atoms with Crippen LogP contribution in [0, 0.1) is 23.1 Å². The number of carbonyl (C=O) groups excluding carboxylic acids is 4. The molecule has 12 heteroatoms. The number of piperazine rings is 1. The molecule has 2 bridgehead atoms. The summed E-state index contributed by atoms with van der Waals surface area (Å²) >= 11 is 1.24. The first-order valence-electron chi connectivity index (χ1n) is 14.5. The van der Waals surface area contributed by atoms with Crippen molar-refractivity contribution in [2.45, 2.75) is 70.2 Å². The molecule has 10 nitrogen and oxygen atoms in total. The number of carbonyl (C=O) groups is 4. The van der Waals surface area contributed by atoms with Gasteiger partial charge in [-0.3, -0.25) is 19.3 Å². The molecule has 1 N–H and O–H groups in total. The van der Waals surface area contributed by atoms with Gasteiger partial charge in [0, 0.05) is 32.6 Å². The van der Waals surface area contributed by atoms with E-state index in [2.05, 4.69) is 11.4 Å². The van der Waals surface area contributed by atoms with Crippen molar-refractivity contribution in [3.8, 4) is 17.2 Å². The monoisotopic (exact) mass is 609 g/mol. The van der Waals surface area contributed by atoms with E-state index < -0.39 is 35.5 Å². The summed E-state index contributed by atoms with van der Waals surface area (Å²) in [6, 6.07) is 6.59. The average molecular weight is 610 g/mol. The van der Waals surface area contributed by atoms with Gasteiger partial charge in [0.2, 0.25) is 11.8 Å². The Bertz CT molecular complexity index is 1480. The van der Waals surface area contributed by atoms with Gasteiger partial charge in [-0.15, -0.1) is 11.3 Å². The van der Waals surface area contributed by atoms with Crippen LogP contribution in [0.4, 0.5) is 9.18 Å². The molecule has 43 heavy (non-hydrogen) atoms. The minimum atomic E-state index is -0.996. The summed E-state index contributed by atoms with van der Waals surface area (Å²) < 4.78 is 20.8. The molecule has 0 radical (unpaired) electrons. The highest BCUT2D eigenvalue weighted by Gasteiger charge is 2.52. The molecule has 2 aromatic rings. The Morgan fingerprint density at radius 2 is 1.95 bits per heavy atom. The van der Waals surface area contributed by atoms with Gasteiger partial charge < -0.3 is 19.9 Å². The van der Waals surface area contributed by atoms with E-state index in [1.54, 1.807) is 56.3 Å². The van der Waals surface area contributed by atoms with E-state index >= 15 is 4.39 Å². The van der Waals surface area contributed by atoms with Crippen LogP contribution in [0.25, 0.3) is 11.1 Å². The molecule has 0 unspecified atom stereocenters. The molecule has 1 aromatic carbocycles. The van der Waals surface area contributed by atoms with Crippen LogP contribution in [0.1, 0.15) is 55.3 Å². The van der Waals surface area contributed by atoms with Crippen molar-refractivity contribution < 1.29 is 28.3 Å². The number of nitrogens with zero attached hydrogens (tertiary/aromatic N) is 4. The van der Waals surface area contributed by atoms with Crippen LogP contribution >= 0.6 is 11.3 Å². The topological polar surface area (TPSA) is 123 Å². The van der Waals surface area contributed by atoms with E-state index in [-0.39, 0.29) is 42.3 Å². The Morgan fingerprint density at radius 3 is 2.63 bits per heavy atom. The fourth-order valence-corrected chi connectivity index (χ4v) is 6.97. The van der Waals surface area contributed by atoms with E-state index in [4.69, 9.17) is 4.74 Å². The van der Waals surface area contributed by atoms with E-state index in [0.29, 0.717) is 35.5 Å². The third kappa shape index (κ3) is 6.51. The fourth-order valence-electron chi connectivity index (χ4n) is 6.09. The zero-order chi connectivity index (χ0) is 31.1. The third-order valence-electron chi connectivity index (χ3n) is 8.30. The van der Waals surface area contributed by atoms with Crippen molar-refractivity contribution in [3.05, 3.63) is 45.9 Å². The number of thiophene rings is 1. The summed E-state index contributed by atoms with van der Waals surface area (Å²) in [6.07, 6.45) is 1.76. The molecule has 4 amide bonds. The molecule has 3 aliphatic rings. The average Bonchev–Trinajstić information content (AvgIpc) is 3.70. The molecular formula is C31H36FN5O5S. The predicted octanol–water partition coefficient (Wildman–Crippen LogP) is 3.81. The number of likely N-dealkylation sites (N-methyl/N-ethyl adjacent to an activating group) is 1. The van der Waals surface area contributed by atoms with Gasteiger partial charge in [-0.1, -0.05) is 12.1 Å². The first-order valence-corrected chi connectivity index (χ1v) is 15.3. The second-order valence-corrected chi connectivity index (χ2v) is 13.4. The molecule has 1 aliphatic carbocycles. The lowest BCUT2D eigenvalue weighted by Gasteiger charge is -2.35. The lowest BCUT2D eigenvalue weighted by molar-refractivity contribution is -0.133. The first kappa shape index (κ1) is 30.5. The number of halogens is 1. The maximum absolute atomic E-state index is 15.2. The maximum atomic E-state index is 15.2. The van der Waals surface area contributed by atoms with Crippen molar-refractivity contribution in [2.75, 3.05) is 26.7 Å². The summed E-state index contributed by atoms with van der Waals surface area (Å²) in [7, 11) is 1.71. The second kappa shape index (κ2) is 12.0. The summed E-state index contributed by atoms with van der Waals surface area (Å²) in [5, 5.41) is 14.3. The van der Waals surface area contributed by atoms with Crippen LogP contribution in [0.2, 0.25) is 0 Å². The van der Waals surface area contributed by atoms with Gasteiger partial charge in [-0.05, 0) is 80.2 Å². The van der Waals surface area contributed by atoms with Crippen LogP contribution in [0.5, 0.6) is 0 Å². The van der Waals surface area contributed by atoms with Gasteiger partial charge >= 0.3 is 6.09 Å². The normalized spacial score (nSPS) is 22.4. The first-order chi connectivity index (χ1) is 20.3. The smallest absolute Gasteiger partial charge is 0.411 e. The van der Waals surface area contributed by atoms with Crippen LogP contribution in [-0.4, -0.2) is 88.9 Å². The zero-order valence-electron chi connectivity index (χ0n) is 24.8. The van der Waals surface area contributed by atoms with Crippen molar-refractivity contribution in [2.24, 2.45) is 5.92 Å². The van der Waals surface area contributed by atoms with Crippen LogP contribution in [0.15, 0.2) is 29.6 Å². The molecule has 3 heterocycles. The number of hydrogen-bond acceptors (Lipinski definition) is 7. The van der Waals surface area contributed by atoms with Gasteiger partial charge in [0.15, 0.2) is 0 Å². The molecule has 2 saturated heterocycles. The van der Waals surface area contributed by atoms with Gasteiger partial charge in [-0.2, -0.15) is 5.26 Å². The van der Waals surface area contributed by atoms with E-state index in [0.717, 1.165) is 12.8 Å². The maximum Gasteiger partial charge on any atom is 0.411 e. The zero-order valence-corrected chi connectivity index (χ0v) is 25.6. The number of benzene rings is 1. The molecule has 0 spiro atoms. The summed E-state index contributed by atoms with van der Waals surface area (Å²) in [6.45, 7) is 6.28. The van der Waals surface area contributed by atoms with Crippen LogP contribution in [-0.2, 0) is 20.7 Å². The van der Waals surface area contributed by atoms with Crippen molar-refractivity contribution in [1.29, 1.82) is 5.26 Å². The van der Waals surface area contributed by atoms with E-state index in [1.165, 1.54) is 27.2 Å². The number of rotatable bonds is 6. The molecule has 228 valence electrons. The number of fused-ring (bicyclic) bond motifs is 2. The quantitative estimate of drug-likeness (QED) is 0.532. The van der Waals surface area contributed by atoms with Gasteiger partial charge in [0.05, 0.1) is 10.9 Å². The molecular weight excluding hydrogens is 573 g/mol. The molecule has 1 aromatic heterocycles. The highest BCUT2D eigenvalue weighted by Crippen LogP contribution is 2.43. The second-order valence-electron chi connectivity index (χ2n) is 12.5. The number of nitrogens with one attached hydrogen (secondary N) is 1. The van der Waals surface area contributed by atoms with Crippen molar-refractivity contribution in [1.82, 2.24) is 20.0 Å². The largest absolute Gasteiger partial charge is 0.444 e. The summed E-state index contributed by atoms with van der Waals surface area (Å²) in [5.74, 6) is -1.32. The minimum absolute atomic E-state index is 0.00740. The summed E-state index contributed by atoms with van der Waals surface area (Å²) in [4.78, 5) is 56.3. The number of likely N-dealkylation sites (tertiary alicyclic amines) is 1. The van der Waals surface area contributed by atoms with Crippen molar-refractivity contribution in [3.63, 3.8) is 0 Å². The van der Waals surface area contributed by atoms with Gasteiger partial charge in [0.25, 0.3) is 5.91 Å². The Hall–Kier alpha value is -3.98. The third-order valence-corrected chi connectivity index (χ3v) is 9.21. The lowest BCUT2D eigenvalue weighted by atomic mass is 9.97. The summed E-state index contributed by atoms with van der Waals surface area (Å²) in [5.41, 5.74) is 0.792. The van der Waals surface area contributed by atoms with E-state index in [1.807, 2.05) is 0 Å². The minimum Gasteiger partial charge on any atom is -0.444 e. The predicted molar refractivity (Wildman–Crippen MR) is 157 cm³/mol.